The molecule has 0 aromatic heterocycles. The lowest BCUT2D eigenvalue weighted by molar-refractivity contribution is -0.239. The highest BCUT2D eigenvalue weighted by molar-refractivity contribution is 7.39. The Balaban J connectivity index is 2.65. The van der Waals surface area contributed by atoms with Crippen LogP contribution in [0.1, 0.15) is 20.8 Å². The molecular formula is C19H27O8PSi. The maximum Gasteiger partial charge on any atom is 0.633 e. The van der Waals surface area contributed by atoms with Crippen molar-refractivity contribution in [2.24, 2.45) is 0 Å². The van der Waals surface area contributed by atoms with Crippen LogP contribution in [0.25, 0.3) is 0 Å². The molecule has 0 radical (unpaired) electrons. The SMILES string of the molecule is CCO[Si](OCC)(OCC)C(Oc1ccccc1)(Oc1ccccc1)OP(O)O. The summed E-state index contributed by atoms with van der Waals surface area (Å²) >= 11 is 0. The van der Waals surface area contributed by atoms with E-state index in [0.717, 1.165) is 0 Å². The second kappa shape index (κ2) is 11.6. The average Bonchev–Trinajstić information content (AvgIpc) is 2.69. The molecule has 2 aromatic rings. The van der Waals surface area contributed by atoms with E-state index in [2.05, 4.69) is 0 Å². The molecule has 2 aromatic carbocycles. The third-order valence-corrected chi connectivity index (χ3v) is 7.21. The highest BCUT2D eigenvalue weighted by Crippen LogP contribution is 2.42. The van der Waals surface area contributed by atoms with Crippen LogP contribution in [0.2, 0.25) is 0 Å². The monoisotopic (exact) mass is 442 g/mol. The Morgan fingerprint density at radius 2 is 1.10 bits per heavy atom. The van der Waals surface area contributed by atoms with Gasteiger partial charge in [-0.05, 0) is 45.0 Å². The fraction of sp³-hybridized carbons (Fsp3) is 0.368. The minimum Gasteiger partial charge on any atom is -0.427 e. The average molecular weight is 442 g/mol. The molecule has 2 N–H and O–H groups in total. The van der Waals surface area contributed by atoms with Gasteiger partial charge in [-0.3, -0.25) is 0 Å². The molecule has 160 valence electrons. The van der Waals surface area contributed by atoms with Gasteiger partial charge in [-0.25, -0.2) is 4.52 Å². The Bertz CT molecular complexity index is 645. The third-order valence-electron chi connectivity index (χ3n) is 3.57. The minimum absolute atomic E-state index is 0.197. The van der Waals surface area contributed by atoms with Crippen molar-refractivity contribution in [2.75, 3.05) is 19.8 Å². The normalized spacial score (nSPS) is 12.2. The van der Waals surface area contributed by atoms with Crippen LogP contribution in [-0.4, -0.2) is 44.0 Å². The molecule has 0 bridgehead atoms. The van der Waals surface area contributed by atoms with Crippen molar-refractivity contribution in [3.8, 4) is 11.5 Å². The molecule has 0 aliphatic rings. The van der Waals surface area contributed by atoms with Gasteiger partial charge in [0, 0.05) is 19.8 Å². The molecule has 0 spiro atoms. The number of para-hydroxylation sites is 2. The van der Waals surface area contributed by atoms with E-state index in [4.69, 9.17) is 27.3 Å². The second-order valence-corrected chi connectivity index (χ2v) is 8.86. The van der Waals surface area contributed by atoms with E-state index in [1.54, 1.807) is 69.3 Å². The summed E-state index contributed by atoms with van der Waals surface area (Å²) in [5.41, 5.74) is -2.20. The number of ether oxygens (including phenoxy) is 2. The van der Waals surface area contributed by atoms with E-state index in [1.807, 2.05) is 12.1 Å². The van der Waals surface area contributed by atoms with Gasteiger partial charge in [0.25, 0.3) is 0 Å². The first-order valence-electron chi connectivity index (χ1n) is 9.27. The largest absolute Gasteiger partial charge is 0.633 e. The Hall–Kier alpha value is -1.55. The summed E-state index contributed by atoms with van der Waals surface area (Å²) in [5.74, 6) is 0.688. The van der Waals surface area contributed by atoms with E-state index in [1.165, 1.54) is 0 Å². The Kier molecular flexibility index (Phi) is 9.48. The summed E-state index contributed by atoms with van der Waals surface area (Å²) in [7, 11) is -6.91. The Morgan fingerprint density at radius 1 is 0.724 bits per heavy atom. The van der Waals surface area contributed by atoms with Gasteiger partial charge in [-0.2, -0.15) is 0 Å². The summed E-state index contributed by atoms with van der Waals surface area (Å²) in [6.07, 6.45) is 0. The van der Waals surface area contributed by atoms with Crippen molar-refractivity contribution in [2.45, 2.75) is 26.4 Å². The molecule has 0 aliphatic carbocycles. The topological polar surface area (TPSA) is 95.8 Å². The fourth-order valence-electron chi connectivity index (χ4n) is 2.59. The fourth-order valence-corrected chi connectivity index (χ4v) is 5.98. The minimum atomic E-state index is -3.97. The molecule has 0 aliphatic heterocycles. The second-order valence-electron chi connectivity index (χ2n) is 5.59. The molecule has 0 fully saturated rings. The van der Waals surface area contributed by atoms with E-state index in [-0.39, 0.29) is 19.8 Å². The third kappa shape index (κ3) is 6.21. The lowest BCUT2D eigenvalue weighted by Crippen LogP contribution is -2.71. The summed E-state index contributed by atoms with van der Waals surface area (Å²) in [6, 6.07) is 17.4. The highest BCUT2D eigenvalue weighted by Gasteiger charge is 2.71. The van der Waals surface area contributed by atoms with Gasteiger partial charge < -0.3 is 32.5 Å². The van der Waals surface area contributed by atoms with Crippen molar-refractivity contribution in [1.29, 1.82) is 0 Å². The van der Waals surface area contributed by atoms with Crippen LogP contribution in [-0.2, 0) is 17.8 Å². The van der Waals surface area contributed by atoms with Crippen LogP contribution < -0.4 is 9.47 Å². The zero-order valence-electron chi connectivity index (χ0n) is 16.7. The molecule has 0 amide bonds. The first-order chi connectivity index (χ1) is 14.0. The molecule has 0 heterocycles. The van der Waals surface area contributed by atoms with Gasteiger partial charge in [-0.1, -0.05) is 36.4 Å². The van der Waals surface area contributed by atoms with Crippen LogP contribution in [0.4, 0.5) is 0 Å². The number of rotatable bonds is 13. The predicted molar refractivity (Wildman–Crippen MR) is 110 cm³/mol. The zero-order valence-corrected chi connectivity index (χ0v) is 18.6. The number of hydrogen-bond donors (Lipinski definition) is 2. The summed E-state index contributed by atoms with van der Waals surface area (Å²) in [5, 5.41) is 0. The summed E-state index contributed by atoms with van der Waals surface area (Å²) in [4.78, 5) is 19.6. The molecule has 10 heteroatoms. The molecule has 0 atom stereocenters. The summed E-state index contributed by atoms with van der Waals surface area (Å²) in [6.45, 7) is 5.87. The van der Waals surface area contributed by atoms with E-state index >= 15 is 0 Å². The van der Waals surface area contributed by atoms with Crippen molar-refractivity contribution < 1.29 is 37.1 Å². The van der Waals surface area contributed by atoms with Gasteiger partial charge in [0.05, 0.1) is 0 Å². The molecule has 29 heavy (non-hydrogen) atoms. The molecule has 0 saturated heterocycles. The first kappa shape index (κ1) is 23.7. The highest BCUT2D eigenvalue weighted by atomic mass is 31.2. The Labute approximate surface area is 173 Å². The van der Waals surface area contributed by atoms with E-state index in [9.17, 15) is 9.79 Å². The number of hydrogen-bond acceptors (Lipinski definition) is 8. The van der Waals surface area contributed by atoms with Gasteiger partial charge in [0.15, 0.2) is 0 Å². The predicted octanol–water partition coefficient (Wildman–Crippen LogP) is 3.61. The number of benzene rings is 2. The van der Waals surface area contributed by atoms with Crippen LogP contribution >= 0.6 is 8.60 Å². The van der Waals surface area contributed by atoms with Gasteiger partial charge >= 0.3 is 23.0 Å². The molecular weight excluding hydrogens is 415 g/mol. The maximum atomic E-state index is 9.81. The van der Waals surface area contributed by atoms with Gasteiger partial charge in [0.1, 0.15) is 11.5 Å². The molecule has 2 rings (SSSR count). The molecule has 8 nitrogen and oxygen atoms in total. The Morgan fingerprint density at radius 3 is 1.41 bits per heavy atom. The maximum absolute atomic E-state index is 9.81. The molecule has 0 saturated carbocycles. The van der Waals surface area contributed by atoms with Crippen LogP contribution in [0.15, 0.2) is 60.7 Å². The van der Waals surface area contributed by atoms with Gasteiger partial charge in [0.2, 0.25) is 0 Å². The quantitative estimate of drug-likeness (QED) is 0.276. The lowest BCUT2D eigenvalue weighted by Gasteiger charge is -2.42. The van der Waals surface area contributed by atoms with Crippen LogP contribution in [0, 0.1) is 0 Å². The standard InChI is InChI=1S/C19H27O8PSi/c1-4-22-29(23-5-2,24-6-3)19(27-28(20)21,25-17-13-9-7-10-14-17)26-18-15-11-8-12-16-18/h7-16,20-21H,4-6H2,1-3H3. The zero-order chi connectivity index (χ0) is 21.2. The van der Waals surface area contributed by atoms with Crippen LogP contribution in [0.5, 0.6) is 11.5 Å². The van der Waals surface area contributed by atoms with Crippen molar-refractivity contribution >= 4 is 17.4 Å². The van der Waals surface area contributed by atoms with E-state index in [0.29, 0.717) is 11.5 Å². The van der Waals surface area contributed by atoms with E-state index < -0.39 is 23.0 Å². The van der Waals surface area contributed by atoms with Crippen molar-refractivity contribution in [1.82, 2.24) is 0 Å². The first-order valence-corrected chi connectivity index (χ1v) is 12.2. The molecule has 0 unspecified atom stereocenters. The van der Waals surface area contributed by atoms with Crippen LogP contribution in [0.3, 0.4) is 0 Å². The summed E-state index contributed by atoms with van der Waals surface area (Å²) < 4.78 is 35.4. The lowest BCUT2D eigenvalue weighted by atomic mass is 10.3. The van der Waals surface area contributed by atoms with Crippen molar-refractivity contribution in [3.05, 3.63) is 60.7 Å². The van der Waals surface area contributed by atoms with Gasteiger partial charge in [-0.15, -0.1) is 0 Å². The van der Waals surface area contributed by atoms with Crippen molar-refractivity contribution in [3.63, 3.8) is 0 Å². The smallest absolute Gasteiger partial charge is 0.427 e.